The van der Waals surface area contributed by atoms with Crippen molar-refractivity contribution in [2.24, 2.45) is 0 Å². The summed E-state index contributed by atoms with van der Waals surface area (Å²) >= 11 is 2.84. The maximum Gasteiger partial charge on any atom is 0.303 e. The molecule has 0 atom stereocenters. The SMILES string of the molecule is CCn1ccnc1NC(=O)C#CBr. The maximum absolute atomic E-state index is 11.0. The molecule has 0 spiro atoms. The third-order valence-electron chi connectivity index (χ3n) is 1.44. The zero-order valence-corrected chi connectivity index (χ0v) is 8.63. The number of anilines is 1. The third-order valence-corrected chi connectivity index (χ3v) is 1.64. The topological polar surface area (TPSA) is 46.9 Å². The van der Waals surface area contributed by atoms with Gasteiger partial charge in [-0.3, -0.25) is 10.1 Å². The second kappa shape index (κ2) is 4.67. The van der Waals surface area contributed by atoms with Gasteiger partial charge in [0.25, 0.3) is 0 Å². The summed E-state index contributed by atoms with van der Waals surface area (Å²) in [5, 5.41) is 2.55. The number of carbonyl (C=O) groups is 1. The fraction of sp³-hybridized carbons (Fsp3) is 0.250. The monoisotopic (exact) mass is 241 g/mol. The van der Waals surface area contributed by atoms with Gasteiger partial charge >= 0.3 is 5.91 Å². The van der Waals surface area contributed by atoms with Gasteiger partial charge in [-0.2, -0.15) is 0 Å². The normalized spacial score (nSPS) is 8.77. The van der Waals surface area contributed by atoms with Crippen molar-refractivity contribution < 1.29 is 4.79 Å². The van der Waals surface area contributed by atoms with Crippen molar-refractivity contribution in [2.75, 3.05) is 5.32 Å². The van der Waals surface area contributed by atoms with E-state index in [9.17, 15) is 4.79 Å². The van der Waals surface area contributed by atoms with Gasteiger partial charge in [0.05, 0.1) is 0 Å². The van der Waals surface area contributed by atoms with Gasteiger partial charge in [0.15, 0.2) is 0 Å². The molecule has 1 N–H and O–H groups in total. The van der Waals surface area contributed by atoms with E-state index in [4.69, 9.17) is 0 Å². The van der Waals surface area contributed by atoms with Crippen molar-refractivity contribution in [3.05, 3.63) is 12.4 Å². The largest absolute Gasteiger partial charge is 0.317 e. The van der Waals surface area contributed by atoms with E-state index in [-0.39, 0.29) is 5.91 Å². The van der Waals surface area contributed by atoms with Crippen LogP contribution in [0.15, 0.2) is 12.4 Å². The molecule has 0 fully saturated rings. The molecule has 0 aliphatic carbocycles. The van der Waals surface area contributed by atoms with Crippen LogP contribution in [0.1, 0.15) is 6.92 Å². The minimum absolute atomic E-state index is 0.377. The van der Waals surface area contributed by atoms with Crippen molar-refractivity contribution in [1.29, 1.82) is 0 Å². The second-order valence-corrected chi connectivity index (χ2v) is 2.61. The molecule has 0 aliphatic heterocycles. The average Bonchev–Trinajstić information content (AvgIpc) is 2.52. The highest BCUT2D eigenvalue weighted by Gasteiger charge is 2.02. The first-order chi connectivity index (χ1) is 6.27. The Labute approximate surface area is 84.5 Å². The summed E-state index contributed by atoms with van der Waals surface area (Å²) in [5.41, 5.74) is 0. The van der Waals surface area contributed by atoms with Crippen LogP contribution in [0.3, 0.4) is 0 Å². The summed E-state index contributed by atoms with van der Waals surface area (Å²) in [7, 11) is 0. The summed E-state index contributed by atoms with van der Waals surface area (Å²) < 4.78 is 1.81. The number of rotatable bonds is 2. The van der Waals surface area contributed by atoms with Crippen LogP contribution < -0.4 is 5.32 Å². The molecule has 1 amide bonds. The Balaban J connectivity index is 2.72. The lowest BCUT2D eigenvalue weighted by Gasteiger charge is -2.02. The average molecular weight is 242 g/mol. The number of amides is 1. The highest BCUT2D eigenvalue weighted by molar-refractivity contribution is 9.12. The Kier molecular flexibility index (Phi) is 3.53. The first-order valence-electron chi connectivity index (χ1n) is 3.71. The van der Waals surface area contributed by atoms with Gasteiger partial charge in [-0.1, -0.05) is 0 Å². The van der Waals surface area contributed by atoms with Crippen LogP contribution in [0.25, 0.3) is 0 Å². The Morgan fingerprint density at radius 3 is 3.23 bits per heavy atom. The highest BCUT2D eigenvalue weighted by atomic mass is 79.9. The Morgan fingerprint density at radius 1 is 1.85 bits per heavy atom. The molecule has 0 saturated carbocycles. The predicted octanol–water partition coefficient (Wildman–Crippen LogP) is 1.20. The van der Waals surface area contributed by atoms with Crippen LogP contribution in [0, 0.1) is 10.8 Å². The standard InChI is InChI=1S/C8H8BrN3O/c1-2-12-6-5-10-8(12)11-7(13)3-4-9/h5-6H,2H2,1H3,(H,10,11,13). The number of aryl methyl sites for hydroxylation is 1. The first-order valence-corrected chi connectivity index (χ1v) is 4.51. The number of halogens is 1. The number of hydrogen-bond donors (Lipinski definition) is 1. The minimum atomic E-state index is -0.377. The van der Waals surface area contributed by atoms with E-state index in [0.29, 0.717) is 5.95 Å². The molecule has 4 nitrogen and oxygen atoms in total. The van der Waals surface area contributed by atoms with Crippen molar-refractivity contribution in [2.45, 2.75) is 13.5 Å². The quantitative estimate of drug-likeness (QED) is 0.792. The molecule has 1 aromatic heterocycles. The van der Waals surface area contributed by atoms with Crippen molar-refractivity contribution in [1.82, 2.24) is 9.55 Å². The first kappa shape index (κ1) is 9.81. The van der Waals surface area contributed by atoms with Gasteiger partial charge in [-0.25, -0.2) is 4.98 Å². The lowest BCUT2D eigenvalue weighted by atomic mass is 10.6. The van der Waals surface area contributed by atoms with Gasteiger partial charge < -0.3 is 4.57 Å². The molecule has 68 valence electrons. The number of aromatic nitrogens is 2. The molecule has 0 aliphatic rings. The van der Waals surface area contributed by atoms with Crippen LogP contribution in [0.5, 0.6) is 0 Å². The lowest BCUT2D eigenvalue weighted by Crippen LogP contribution is -2.12. The van der Waals surface area contributed by atoms with Crippen LogP contribution in [0.4, 0.5) is 5.95 Å². The summed E-state index contributed by atoms with van der Waals surface area (Å²) in [6.45, 7) is 2.73. The van der Waals surface area contributed by atoms with E-state index in [1.807, 2.05) is 11.5 Å². The van der Waals surface area contributed by atoms with Gasteiger partial charge in [0, 0.05) is 40.8 Å². The van der Waals surface area contributed by atoms with Crippen LogP contribution in [0.2, 0.25) is 0 Å². The number of nitrogens with one attached hydrogen (secondary N) is 1. The minimum Gasteiger partial charge on any atom is -0.317 e. The molecule has 0 aromatic carbocycles. The fourth-order valence-corrected chi connectivity index (χ4v) is 1.04. The molecule has 1 rings (SSSR count). The Morgan fingerprint density at radius 2 is 2.62 bits per heavy atom. The molecule has 1 heterocycles. The summed E-state index contributed by atoms with van der Waals surface area (Å²) in [6, 6.07) is 0. The van der Waals surface area contributed by atoms with Gasteiger partial charge in [-0.15, -0.1) is 0 Å². The van der Waals surface area contributed by atoms with E-state index in [1.165, 1.54) is 0 Å². The highest BCUT2D eigenvalue weighted by Crippen LogP contribution is 2.02. The Bertz CT molecular complexity index is 361. The zero-order valence-electron chi connectivity index (χ0n) is 7.04. The van der Waals surface area contributed by atoms with Crippen molar-refractivity contribution in [3.63, 3.8) is 0 Å². The van der Waals surface area contributed by atoms with E-state index in [1.54, 1.807) is 12.4 Å². The van der Waals surface area contributed by atoms with Crippen molar-refractivity contribution >= 4 is 27.8 Å². The Hall–Kier alpha value is -1.28. The molecule has 0 bridgehead atoms. The summed E-state index contributed by atoms with van der Waals surface area (Å²) in [4.78, 5) is 17.3. The van der Waals surface area contributed by atoms with Crippen LogP contribution in [-0.2, 0) is 11.3 Å². The number of imidazole rings is 1. The van der Waals surface area contributed by atoms with Gasteiger partial charge in [0.2, 0.25) is 5.95 Å². The molecular weight excluding hydrogens is 234 g/mol. The third kappa shape index (κ3) is 2.60. The smallest absolute Gasteiger partial charge is 0.303 e. The number of hydrogen-bond acceptors (Lipinski definition) is 2. The van der Waals surface area contributed by atoms with E-state index < -0.39 is 0 Å². The second-order valence-electron chi connectivity index (χ2n) is 2.21. The van der Waals surface area contributed by atoms with Gasteiger partial charge in [-0.05, 0) is 11.8 Å². The zero-order chi connectivity index (χ0) is 9.68. The fourth-order valence-electron chi connectivity index (χ4n) is 0.864. The molecule has 0 unspecified atom stereocenters. The van der Waals surface area contributed by atoms with Crippen molar-refractivity contribution in [3.8, 4) is 10.8 Å². The predicted molar refractivity (Wildman–Crippen MR) is 53.2 cm³/mol. The lowest BCUT2D eigenvalue weighted by molar-refractivity contribution is -0.111. The molecule has 0 saturated heterocycles. The molecule has 1 aromatic rings. The molecular formula is C8H8BrN3O. The number of nitrogens with zero attached hydrogens (tertiary/aromatic N) is 2. The van der Waals surface area contributed by atoms with E-state index >= 15 is 0 Å². The summed E-state index contributed by atoms with van der Waals surface area (Å²) in [6.07, 6.45) is 3.41. The molecule has 13 heavy (non-hydrogen) atoms. The van der Waals surface area contributed by atoms with Gasteiger partial charge in [0.1, 0.15) is 0 Å². The van der Waals surface area contributed by atoms with Crippen LogP contribution in [-0.4, -0.2) is 15.5 Å². The number of carbonyl (C=O) groups excluding carboxylic acids is 1. The molecule has 5 heteroatoms. The van der Waals surface area contributed by atoms with E-state index in [0.717, 1.165) is 6.54 Å². The molecule has 0 radical (unpaired) electrons. The summed E-state index contributed by atoms with van der Waals surface area (Å²) in [5.74, 6) is 2.44. The maximum atomic E-state index is 11.0. The van der Waals surface area contributed by atoms with E-state index in [2.05, 4.69) is 37.0 Å². The van der Waals surface area contributed by atoms with Crippen LogP contribution >= 0.6 is 15.9 Å².